The van der Waals surface area contributed by atoms with E-state index < -0.39 is 0 Å². The molecule has 1 aliphatic rings. The van der Waals surface area contributed by atoms with Crippen LogP contribution in [0.3, 0.4) is 0 Å². The molecule has 0 saturated carbocycles. The molecule has 3 aromatic rings. The summed E-state index contributed by atoms with van der Waals surface area (Å²) in [6.45, 7) is 2.40. The van der Waals surface area contributed by atoms with E-state index in [9.17, 15) is 4.79 Å². The number of benzene rings is 2. The van der Waals surface area contributed by atoms with E-state index in [0.29, 0.717) is 41.1 Å². The lowest BCUT2D eigenvalue weighted by atomic mass is 10.2. The molecule has 1 amide bonds. The average molecular weight is 385 g/mol. The largest absolute Gasteiger partial charge is 0.486 e. The Morgan fingerprint density at radius 1 is 1.22 bits per heavy atom. The van der Waals surface area contributed by atoms with Crippen molar-refractivity contribution in [2.45, 2.75) is 13.0 Å². The first-order valence-corrected chi connectivity index (χ1v) is 8.84. The van der Waals surface area contributed by atoms with E-state index in [1.807, 2.05) is 30.3 Å². The monoisotopic (exact) mass is 384 g/mol. The molecule has 0 spiro atoms. The van der Waals surface area contributed by atoms with E-state index in [2.05, 4.69) is 15.5 Å². The van der Waals surface area contributed by atoms with Gasteiger partial charge in [-0.25, -0.2) is 0 Å². The van der Waals surface area contributed by atoms with E-state index in [0.717, 1.165) is 0 Å². The van der Waals surface area contributed by atoms with Crippen LogP contribution in [0.15, 0.2) is 48.5 Å². The van der Waals surface area contributed by atoms with Crippen molar-refractivity contribution in [1.82, 2.24) is 20.3 Å². The SMILES string of the molecule is Cc1nn(-c2cccc(Cl)c2)nc1C(=O)NCC1COc2ccccc2O1. The summed E-state index contributed by atoms with van der Waals surface area (Å²) in [6.07, 6.45) is -0.271. The van der Waals surface area contributed by atoms with Crippen LogP contribution < -0.4 is 14.8 Å². The topological polar surface area (TPSA) is 78.3 Å². The molecule has 7 nitrogen and oxygen atoms in total. The molecule has 27 heavy (non-hydrogen) atoms. The van der Waals surface area contributed by atoms with E-state index in [4.69, 9.17) is 21.1 Å². The Kier molecular flexibility index (Phi) is 4.68. The van der Waals surface area contributed by atoms with Crippen LogP contribution in [0.2, 0.25) is 5.02 Å². The minimum absolute atomic E-state index is 0.257. The highest BCUT2D eigenvalue weighted by Gasteiger charge is 2.23. The van der Waals surface area contributed by atoms with Gasteiger partial charge in [0.05, 0.1) is 17.9 Å². The lowest BCUT2D eigenvalue weighted by Gasteiger charge is -2.26. The maximum atomic E-state index is 12.5. The quantitative estimate of drug-likeness (QED) is 0.748. The van der Waals surface area contributed by atoms with Crippen molar-refractivity contribution in [3.05, 3.63) is 64.9 Å². The summed E-state index contributed by atoms with van der Waals surface area (Å²) in [6, 6.07) is 14.6. The van der Waals surface area contributed by atoms with Gasteiger partial charge in [0.2, 0.25) is 0 Å². The number of para-hydroxylation sites is 2. The van der Waals surface area contributed by atoms with E-state index >= 15 is 0 Å². The molecular formula is C19H17ClN4O3. The zero-order valence-corrected chi connectivity index (χ0v) is 15.3. The van der Waals surface area contributed by atoms with Crippen molar-refractivity contribution in [1.29, 1.82) is 0 Å². The lowest BCUT2D eigenvalue weighted by Crippen LogP contribution is -2.41. The number of nitrogens with one attached hydrogen (secondary N) is 1. The van der Waals surface area contributed by atoms with Crippen molar-refractivity contribution in [2.75, 3.05) is 13.2 Å². The standard InChI is InChI=1S/C19H17ClN4O3/c1-12-18(23-24(22-12)14-6-4-5-13(20)9-14)19(25)21-10-15-11-26-16-7-2-3-8-17(16)27-15/h2-9,15H,10-11H2,1H3,(H,21,25). The van der Waals surface area contributed by atoms with Crippen molar-refractivity contribution >= 4 is 17.5 Å². The van der Waals surface area contributed by atoms with Gasteiger partial charge in [0.25, 0.3) is 5.91 Å². The summed E-state index contributed by atoms with van der Waals surface area (Å²) in [5.74, 6) is 1.06. The van der Waals surface area contributed by atoms with Gasteiger partial charge in [0, 0.05) is 5.02 Å². The molecule has 0 aliphatic carbocycles. The van der Waals surface area contributed by atoms with Gasteiger partial charge < -0.3 is 14.8 Å². The molecular weight excluding hydrogens is 368 g/mol. The predicted octanol–water partition coefficient (Wildman–Crippen LogP) is 2.80. The van der Waals surface area contributed by atoms with Crippen LogP contribution in [0.1, 0.15) is 16.2 Å². The van der Waals surface area contributed by atoms with Crippen molar-refractivity contribution in [3.8, 4) is 17.2 Å². The molecule has 8 heteroatoms. The third kappa shape index (κ3) is 3.73. The third-order valence-electron chi connectivity index (χ3n) is 4.09. The van der Waals surface area contributed by atoms with Gasteiger partial charge in [-0.15, -0.1) is 5.10 Å². The molecule has 1 aromatic heterocycles. The van der Waals surface area contributed by atoms with Crippen LogP contribution in [-0.4, -0.2) is 40.2 Å². The lowest BCUT2D eigenvalue weighted by molar-refractivity contribution is 0.0786. The van der Waals surface area contributed by atoms with E-state index in [1.54, 1.807) is 25.1 Å². The number of rotatable bonds is 4. The number of amides is 1. The molecule has 0 radical (unpaired) electrons. The molecule has 1 aliphatic heterocycles. The zero-order valence-electron chi connectivity index (χ0n) is 14.6. The number of aromatic nitrogens is 3. The van der Waals surface area contributed by atoms with Crippen LogP contribution in [-0.2, 0) is 0 Å². The van der Waals surface area contributed by atoms with Gasteiger partial charge in [-0.1, -0.05) is 29.8 Å². The molecule has 1 N–H and O–H groups in total. The summed E-state index contributed by atoms with van der Waals surface area (Å²) in [7, 11) is 0. The second-order valence-corrected chi connectivity index (χ2v) is 6.55. The second-order valence-electron chi connectivity index (χ2n) is 6.11. The van der Waals surface area contributed by atoms with Crippen LogP contribution in [0.4, 0.5) is 0 Å². The average Bonchev–Trinajstić information content (AvgIpc) is 3.08. The molecule has 1 unspecified atom stereocenters. The first kappa shape index (κ1) is 17.4. The Labute approximate surface area is 160 Å². The Morgan fingerprint density at radius 3 is 2.85 bits per heavy atom. The minimum atomic E-state index is -0.316. The molecule has 1 atom stereocenters. The first-order chi connectivity index (χ1) is 13.1. The van der Waals surface area contributed by atoms with Crippen LogP contribution >= 0.6 is 11.6 Å². The molecule has 2 aromatic carbocycles. The fraction of sp³-hybridized carbons (Fsp3) is 0.211. The second kappa shape index (κ2) is 7.28. The molecule has 0 bridgehead atoms. The highest BCUT2D eigenvalue weighted by Crippen LogP contribution is 2.30. The molecule has 138 valence electrons. The van der Waals surface area contributed by atoms with Gasteiger partial charge in [-0.2, -0.15) is 9.90 Å². The number of carbonyl (C=O) groups is 1. The smallest absolute Gasteiger partial charge is 0.273 e. The number of fused-ring (bicyclic) bond motifs is 1. The Balaban J connectivity index is 1.42. The maximum absolute atomic E-state index is 12.5. The highest BCUT2D eigenvalue weighted by atomic mass is 35.5. The number of hydrogen-bond donors (Lipinski definition) is 1. The van der Waals surface area contributed by atoms with Crippen molar-refractivity contribution in [2.24, 2.45) is 0 Å². The Bertz CT molecular complexity index is 989. The van der Waals surface area contributed by atoms with Crippen molar-refractivity contribution < 1.29 is 14.3 Å². The molecule has 0 saturated heterocycles. The summed E-state index contributed by atoms with van der Waals surface area (Å²) < 4.78 is 11.5. The van der Waals surface area contributed by atoms with Crippen LogP contribution in [0.25, 0.3) is 5.69 Å². The van der Waals surface area contributed by atoms with Gasteiger partial charge in [-0.3, -0.25) is 4.79 Å². The fourth-order valence-electron chi connectivity index (χ4n) is 2.76. The summed E-state index contributed by atoms with van der Waals surface area (Å²) in [4.78, 5) is 13.9. The highest BCUT2D eigenvalue weighted by molar-refractivity contribution is 6.30. The molecule has 2 heterocycles. The van der Waals surface area contributed by atoms with Crippen LogP contribution in [0, 0.1) is 6.92 Å². The fourth-order valence-corrected chi connectivity index (χ4v) is 2.94. The number of halogens is 1. The number of ether oxygens (including phenoxy) is 2. The number of aryl methyl sites for hydroxylation is 1. The minimum Gasteiger partial charge on any atom is -0.486 e. The van der Waals surface area contributed by atoms with Crippen molar-refractivity contribution in [3.63, 3.8) is 0 Å². The zero-order chi connectivity index (χ0) is 18.8. The van der Waals surface area contributed by atoms with Crippen LogP contribution in [0.5, 0.6) is 11.5 Å². The number of hydrogen-bond acceptors (Lipinski definition) is 5. The predicted molar refractivity (Wildman–Crippen MR) is 99.8 cm³/mol. The van der Waals surface area contributed by atoms with Gasteiger partial charge in [0.15, 0.2) is 17.2 Å². The first-order valence-electron chi connectivity index (χ1n) is 8.47. The summed E-state index contributed by atoms with van der Waals surface area (Å²) in [5, 5.41) is 12.0. The summed E-state index contributed by atoms with van der Waals surface area (Å²) in [5.41, 5.74) is 1.47. The van der Waals surface area contributed by atoms with Gasteiger partial charge in [-0.05, 0) is 37.3 Å². The maximum Gasteiger partial charge on any atom is 0.273 e. The van der Waals surface area contributed by atoms with E-state index in [1.165, 1.54) is 4.80 Å². The third-order valence-corrected chi connectivity index (χ3v) is 4.33. The number of nitrogens with zero attached hydrogens (tertiary/aromatic N) is 3. The summed E-state index contributed by atoms with van der Waals surface area (Å²) >= 11 is 6.00. The molecule has 0 fully saturated rings. The Hall–Kier alpha value is -3.06. The molecule has 4 rings (SSSR count). The van der Waals surface area contributed by atoms with E-state index in [-0.39, 0.29) is 17.7 Å². The van der Waals surface area contributed by atoms with Gasteiger partial charge >= 0.3 is 0 Å². The van der Waals surface area contributed by atoms with Gasteiger partial charge in [0.1, 0.15) is 12.7 Å². The Morgan fingerprint density at radius 2 is 2.04 bits per heavy atom. The normalized spacial score (nSPS) is 15.4. The number of carbonyl (C=O) groups excluding carboxylic acids is 1.